The number of sulfonamides is 1. The van der Waals surface area contributed by atoms with Gasteiger partial charge >= 0.3 is 0 Å². The summed E-state index contributed by atoms with van der Waals surface area (Å²) in [5.74, 6) is -0.531. The van der Waals surface area contributed by atoms with Crippen LogP contribution in [0.25, 0.3) is 22.0 Å². The largest absolute Gasteiger partial charge is 0.393 e. The highest BCUT2D eigenvalue weighted by Gasteiger charge is 2.20. The van der Waals surface area contributed by atoms with Gasteiger partial charge in [0.15, 0.2) is 5.15 Å². The minimum absolute atomic E-state index is 0.00513. The Labute approximate surface area is 207 Å². The second-order valence-corrected chi connectivity index (χ2v) is 10.4. The summed E-state index contributed by atoms with van der Waals surface area (Å²) in [6, 6.07) is 13.9. The van der Waals surface area contributed by atoms with Gasteiger partial charge in [0.05, 0.1) is 22.2 Å². The summed E-state index contributed by atoms with van der Waals surface area (Å²) in [5, 5.41) is 10.8. The monoisotopic (exact) mass is 512 g/mol. The molecule has 0 spiro atoms. The van der Waals surface area contributed by atoms with E-state index in [0.29, 0.717) is 18.4 Å². The average Bonchev–Trinajstić information content (AvgIpc) is 2.85. The molecule has 2 N–H and O–H groups in total. The van der Waals surface area contributed by atoms with Crippen molar-refractivity contribution in [1.82, 2.24) is 9.97 Å². The van der Waals surface area contributed by atoms with Crippen molar-refractivity contribution in [2.75, 3.05) is 22.7 Å². The number of hydrogen-bond donors (Lipinski definition) is 2. The summed E-state index contributed by atoms with van der Waals surface area (Å²) in [6.07, 6.45) is 4.50. The van der Waals surface area contributed by atoms with E-state index in [9.17, 15) is 17.9 Å². The highest BCUT2D eigenvalue weighted by atomic mass is 35.5. The minimum atomic E-state index is -3.99. The maximum absolute atomic E-state index is 13.2. The molecule has 1 saturated heterocycles. The second kappa shape index (κ2) is 9.41. The first-order valence-corrected chi connectivity index (χ1v) is 12.9. The highest BCUT2D eigenvalue weighted by Crippen LogP contribution is 2.34. The Kier molecular flexibility index (Phi) is 6.31. The van der Waals surface area contributed by atoms with Crippen molar-refractivity contribution in [2.45, 2.75) is 23.8 Å². The van der Waals surface area contributed by atoms with E-state index < -0.39 is 15.8 Å². The molecule has 1 aliphatic heterocycles. The summed E-state index contributed by atoms with van der Waals surface area (Å²) in [5.41, 5.74) is 3.46. The van der Waals surface area contributed by atoms with Crippen LogP contribution < -0.4 is 9.62 Å². The van der Waals surface area contributed by atoms with E-state index in [1.54, 1.807) is 18.5 Å². The molecule has 3 heterocycles. The lowest BCUT2D eigenvalue weighted by Gasteiger charge is -2.32. The summed E-state index contributed by atoms with van der Waals surface area (Å²) in [4.78, 5) is 10.8. The Morgan fingerprint density at radius 2 is 1.74 bits per heavy atom. The lowest BCUT2D eigenvalue weighted by Crippen LogP contribution is -2.35. The number of nitrogens with one attached hydrogen (secondary N) is 1. The third-order valence-corrected chi connectivity index (χ3v) is 7.75. The molecule has 1 aliphatic rings. The van der Waals surface area contributed by atoms with E-state index in [1.807, 2.05) is 24.3 Å². The number of aliphatic hydroxyl groups excluding tert-OH is 1. The van der Waals surface area contributed by atoms with Crippen LogP contribution in [0.5, 0.6) is 0 Å². The van der Waals surface area contributed by atoms with E-state index in [1.165, 1.54) is 12.1 Å². The van der Waals surface area contributed by atoms with Crippen LogP contribution in [0.2, 0.25) is 5.15 Å². The molecule has 0 atom stereocenters. The number of piperidine rings is 1. The van der Waals surface area contributed by atoms with Crippen molar-refractivity contribution in [3.05, 3.63) is 78.0 Å². The van der Waals surface area contributed by atoms with Gasteiger partial charge < -0.3 is 10.0 Å². The lowest BCUT2D eigenvalue weighted by molar-refractivity contribution is 0.145. The van der Waals surface area contributed by atoms with Crippen molar-refractivity contribution in [1.29, 1.82) is 0 Å². The van der Waals surface area contributed by atoms with Gasteiger partial charge in [-0.3, -0.25) is 9.71 Å². The molecule has 0 unspecified atom stereocenters. The molecule has 10 heteroatoms. The zero-order valence-electron chi connectivity index (χ0n) is 18.5. The topological polar surface area (TPSA) is 95.4 Å². The van der Waals surface area contributed by atoms with Crippen molar-refractivity contribution < 1.29 is 17.9 Å². The molecule has 180 valence electrons. The van der Waals surface area contributed by atoms with Gasteiger partial charge in [0.1, 0.15) is 5.82 Å². The van der Waals surface area contributed by atoms with E-state index in [-0.39, 0.29) is 21.8 Å². The maximum Gasteiger partial charge on any atom is 0.261 e. The Bertz CT molecular complexity index is 1490. The summed E-state index contributed by atoms with van der Waals surface area (Å²) < 4.78 is 41.2. The van der Waals surface area contributed by atoms with Crippen LogP contribution in [-0.2, 0) is 10.0 Å². The number of aliphatic hydroxyl groups is 1. The zero-order chi connectivity index (χ0) is 24.6. The van der Waals surface area contributed by atoms with Gasteiger partial charge in [0.25, 0.3) is 10.0 Å². The molecule has 35 heavy (non-hydrogen) atoms. The molecule has 0 radical (unpaired) electrons. The molecule has 0 bridgehead atoms. The molecular formula is C25H22ClFN4O3S. The second-order valence-electron chi connectivity index (χ2n) is 8.40. The lowest BCUT2D eigenvalue weighted by atomic mass is 10.0. The van der Waals surface area contributed by atoms with Crippen LogP contribution >= 0.6 is 11.6 Å². The third-order valence-electron chi connectivity index (χ3n) is 6.06. The number of benzene rings is 2. The standard InChI is InChI=1S/C25H22ClFN4O3S/c26-25-23(30-35(33,34)20-4-2-18(27)3-5-20)14-17(15-29-25)16-1-6-22-21(13-16)24(7-10-28-22)31-11-8-19(32)9-12-31/h1-7,10,13-15,19,30,32H,8-9,11-12H2. The van der Waals surface area contributed by atoms with Gasteiger partial charge in [-0.2, -0.15) is 0 Å². The van der Waals surface area contributed by atoms with Crippen LogP contribution in [0.15, 0.2) is 71.9 Å². The zero-order valence-corrected chi connectivity index (χ0v) is 20.1. The number of fused-ring (bicyclic) bond motifs is 1. The summed E-state index contributed by atoms with van der Waals surface area (Å²) in [7, 11) is -3.99. The van der Waals surface area contributed by atoms with E-state index in [2.05, 4.69) is 19.6 Å². The van der Waals surface area contributed by atoms with Crippen molar-refractivity contribution in [2.24, 2.45) is 0 Å². The number of anilines is 2. The van der Waals surface area contributed by atoms with Gasteiger partial charge in [-0.25, -0.2) is 17.8 Å². The van der Waals surface area contributed by atoms with Crippen molar-refractivity contribution in [3.8, 4) is 11.1 Å². The Morgan fingerprint density at radius 3 is 2.49 bits per heavy atom. The molecule has 2 aromatic carbocycles. The molecule has 2 aromatic heterocycles. The van der Waals surface area contributed by atoms with Gasteiger partial charge in [0.2, 0.25) is 0 Å². The first-order chi connectivity index (χ1) is 16.8. The predicted octanol–water partition coefficient (Wildman–Crippen LogP) is 4.85. The third kappa shape index (κ3) is 4.93. The normalized spacial score (nSPS) is 14.9. The van der Waals surface area contributed by atoms with Gasteiger partial charge in [-0.15, -0.1) is 0 Å². The van der Waals surface area contributed by atoms with Gasteiger partial charge in [-0.1, -0.05) is 17.7 Å². The molecule has 5 rings (SSSR count). The Morgan fingerprint density at radius 1 is 1.00 bits per heavy atom. The minimum Gasteiger partial charge on any atom is -0.393 e. The van der Waals surface area contributed by atoms with E-state index in [0.717, 1.165) is 47.4 Å². The molecule has 7 nitrogen and oxygen atoms in total. The fourth-order valence-corrected chi connectivity index (χ4v) is 5.45. The molecule has 0 saturated carbocycles. The summed E-state index contributed by atoms with van der Waals surface area (Å²) in [6.45, 7) is 1.50. The molecule has 4 aromatic rings. The van der Waals surface area contributed by atoms with Gasteiger partial charge in [0, 0.05) is 42.1 Å². The van der Waals surface area contributed by atoms with E-state index in [4.69, 9.17) is 11.6 Å². The molecule has 0 amide bonds. The molecule has 1 fully saturated rings. The van der Waals surface area contributed by atoms with Crippen molar-refractivity contribution in [3.63, 3.8) is 0 Å². The maximum atomic E-state index is 13.2. The Balaban J connectivity index is 1.50. The SMILES string of the molecule is O=S(=O)(Nc1cc(-c2ccc3nccc(N4CCC(O)CC4)c3c2)cnc1Cl)c1ccc(F)cc1. The highest BCUT2D eigenvalue weighted by molar-refractivity contribution is 7.92. The van der Waals surface area contributed by atoms with Crippen molar-refractivity contribution >= 4 is 43.9 Å². The number of hydrogen-bond acceptors (Lipinski definition) is 6. The Hall–Kier alpha value is -3.27. The molecule has 0 aliphatic carbocycles. The smallest absolute Gasteiger partial charge is 0.261 e. The number of aromatic nitrogens is 2. The number of pyridine rings is 2. The van der Waals surface area contributed by atoms with Crippen LogP contribution in [-0.4, -0.2) is 42.7 Å². The van der Waals surface area contributed by atoms with Crippen LogP contribution in [0.1, 0.15) is 12.8 Å². The predicted molar refractivity (Wildman–Crippen MR) is 135 cm³/mol. The van der Waals surface area contributed by atoms with E-state index >= 15 is 0 Å². The first kappa shape index (κ1) is 23.5. The van der Waals surface area contributed by atoms with Crippen LogP contribution in [0, 0.1) is 5.82 Å². The van der Waals surface area contributed by atoms with Gasteiger partial charge in [-0.05, 0) is 66.9 Å². The number of rotatable bonds is 5. The fraction of sp³-hybridized carbons (Fsp3) is 0.200. The van der Waals surface area contributed by atoms with Crippen LogP contribution in [0.4, 0.5) is 15.8 Å². The van der Waals surface area contributed by atoms with Crippen LogP contribution in [0.3, 0.4) is 0 Å². The average molecular weight is 513 g/mol. The first-order valence-electron chi connectivity index (χ1n) is 11.1. The summed E-state index contributed by atoms with van der Waals surface area (Å²) >= 11 is 6.20. The fourth-order valence-electron chi connectivity index (χ4n) is 4.19. The number of halogens is 2. The quantitative estimate of drug-likeness (QED) is 0.371. The molecular weight excluding hydrogens is 491 g/mol. The number of nitrogens with zero attached hydrogens (tertiary/aromatic N) is 3.